The molecule has 1 aliphatic rings. The van der Waals surface area contributed by atoms with Crippen molar-refractivity contribution in [3.8, 4) is 0 Å². The van der Waals surface area contributed by atoms with E-state index in [9.17, 15) is 4.79 Å². The standard InChI is InChI=1S/C12H24N2O/c1-3-14-12(15)9-13-8-11-7-5-4-6-10(11)2/h10-11,13H,3-9H2,1-2H3,(H,14,15). The van der Waals surface area contributed by atoms with Crippen molar-refractivity contribution < 1.29 is 4.79 Å². The molecule has 2 N–H and O–H groups in total. The Balaban J connectivity index is 2.10. The second-order valence-electron chi connectivity index (χ2n) is 4.61. The monoisotopic (exact) mass is 212 g/mol. The summed E-state index contributed by atoms with van der Waals surface area (Å²) in [5, 5.41) is 6.05. The van der Waals surface area contributed by atoms with Crippen LogP contribution in [0.1, 0.15) is 39.5 Å². The molecule has 15 heavy (non-hydrogen) atoms. The molecule has 0 saturated heterocycles. The number of hydrogen-bond acceptors (Lipinski definition) is 2. The van der Waals surface area contributed by atoms with Crippen molar-refractivity contribution in [1.29, 1.82) is 0 Å². The highest BCUT2D eigenvalue weighted by Gasteiger charge is 2.20. The first-order valence-corrected chi connectivity index (χ1v) is 6.21. The van der Waals surface area contributed by atoms with Gasteiger partial charge in [-0.2, -0.15) is 0 Å². The summed E-state index contributed by atoms with van der Waals surface area (Å²) in [6.07, 6.45) is 5.42. The van der Waals surface area contributed by atoms with E-state index >= 15 is 0 Å². The lowest BCUT2D eigenvalue weighted by Crippen LogP contribution is -2.37. The van der Waals surface area contributed by atoms with Crippen molar-refractivity contribution in [3.63, 3.8) is 0 Å². The predicted molar refractivity (Wildman–Crippen MR) is 62.7 cm³/mol. The number of hydrogen-bond donors (Lipinski definition) is 2. The van der Waals surface area contributed by atoms with Gasteiger partial charge in [-0.25, -0.2) is 0 Å². The van der Waals surface area contributed by atoms with Gasteiger partial charge >= 0.3 is 0 Å². The van der Waals surface area contributed by atoms with Crippen LogP contribution in [0.4, 0.5) is 0 Å². The van der Waals surface area contributed by atoms with Crippen LogP contribution in [0.15, 0.2) is 0 Å². The molecule has 2 atom stereocenters. The Morgan fingerprint density at radius 2 is 2.07 bits per heavy atom. The summed E-state index contributed by atoms with van der Waals surface area (Å²) in [6, 6.07) is 0. The van der Waals surface area contributed by atoms with Gasteiger partial charge in [-0.1, -0.05) is 26.2 Å². The number of carbonyl (C=O) groups is 1. The number of likely N-dealkylation sites (N-methyl/N-ethyl adjacent to an activating group) is 1. The van der Waals surface area contributed by atoms with Gasteiger partial charge in [0.25, 0.3) is 0 Å². The van der Waals surface area contributed by atoms with E-state index in [1.54, 1.807) is 0 Å². The van der Waals surface area contributed by atoms with Gasteiger partial charge in [0.05, 0.1) is 6.54 Å². The number of nitrogens with one attached hydrogen (secondary N) is 2. The van der Waals surface area contributed by atoms with Crippen molar-refractivity contribution in [2.24, 2.45) is 11.8 Å². The topological polar surface area (TPSA) is 41.1 Å². The van der Waals surface area contributed by atoms with Crippen molar-refractivity contribution in [1.82, 2.24) is 10.6 Å². The van der Waals surface area contributed by atoms with Crippen LogP contribution in [-0.2, 0) is 4.79 Å². The maximum Gasteiger partial charge on any atom is 0.233 e. The van der Waals surface area contributed by atoms with Gasteiger partial charge in [-0.3, -0.25) is 4.79 Å². The molecule has 0 aromatic rings. The highest BCUT2D eigenvalue weighted by atomic mass is 16.1. The van der Waals surface area contributed by atoms with Crippen molar-refractivity contribution in [2.75, 3.05) is 19.6 Å². The molecular formula is C12H24N2O. The highest BCUT2D eigenvalue weighted by molar-refractivity contribution is 5.77. The Hall–Kier alpha value is -0.570. The lowest BCUT2D eigenvalue weighted by atomic mass is 9.80. The average molecular weight is 212 g/mol. The third-order valence-corrected chi connectivity index (χ3v) is 3.36. The van der Waals surface area contributed by atoms with E-state index in [1.807, 2.05) is 6.92 Å². The molecule has 0 aliphatic heterocycles. The largest absolute Gasteiger partial charge is 0.355 e. The van der Waals surface area contributed by atoms with Crippen molar-refractivity contribution in [3.05, 3.63) is 0 Å². The molecule has 2 unspecified atom stereocenters. The fraction of sp³-hybridized carbons (Fsp3) is 0.917. The number of amides is 1. The zero-order chi connectivity index (χ0) is 11.1. The summed E-state index contributed by atoms with van der Waals surface area (Å²) in [5.41, 5.74) is 0. The first kappa shape index (κ1) is 12.5. The second-order valence-corrected chi connectivity index (χ2v) is 4.61. The summed E-state index contributed by atoms with van der Waals surface area (Å²) in [7, 11) is 0. The van der Waals surface area contributed by atoms with Gasteiger partial charge < -0.3 is 10.6 Å². The lowest BCUT2D eigenvalue weighted by Gasteiger charge is -2.28. The third kappa shape index (κ3) is 4.65. The Labute approximate surface area is 93.0 Å². The first-order chi connectivity index (χ1) is 7.24. The quantitative estimate of drug-likeness (QED) is 0.726. The normalized spacial score (nSPS) is 26.3. The summed E-state index contributed by atoms with van der Waals surface area (Å²) < 4.78 is 0. The SMILES string of the molecule is CCNC(=O)CNCC1CCCCC1C. The molecule has 1 fully saturated rings. The van der Waals surface area contributed by atoms with Crippen LogP contribution in [0.25, 0.3) is 0 Å². The van der Waals surface area contributed by atoms with Gasteiger partial charge in [-0.15, -0.1) is 0 Å². The molecule has 1 amide bonds. The first-order valence-electron chi connectivity index (χ1n) is 6.21. The predicted octanol–water partition coefficient (Wildman–Crippen LogP) is 1.54. The summed E-state index contributed by atoms with van der Waals surface area (Å²) in [6.45, 7) is 6.47. The minimum atomic E-state index is 0.112. The molecule has 3 heteroatoms. The molecule has 0 bridgehead atoms. The lowest BCUT2D eigenvalue weighted by molar-refractivity contribution is -0.120. The molecule has 1 aliphatic carbocycles. The van der Waals surface area contributed by atoms with E-state index in [0.717, 1.165) is 24.9 Å². The molecule has 0 heterocycles. The van der Waals surface area contributed by atoms with Gasteiger partial charge in [-0.05, 0) is 31.7 Å². The summed E-state index contributed by atoms with van der Waals surface area (Å²) in [4.78, 5) is 11.2. The van der Waals surface area contributed by atoms with E-state index in [0.29, 0.717) is 6.54 Å². The summed E-state index contributed by atoms with van der Waals surface area (Å²) >= 11 is 0. The molecule has 3 nitrogen and oxygen atoms in total. The van der Waals surface area contributed by atoms with Crippen LogP contribution in [0.5, 0.6) is 0 Å². The molecule has 0 spiro atoms. The van der Waals surface area contributed by atoms with Crippen molar-refractivity contribution >= 4 is 5.91 Å². The molecule has 0 aromatic carbocycles. The van der Waals surface area contributed by atoms with Crippen LogP contribution < -0.4 is 10.6 Å². The van der Waals surface area contributed by atoms with Gasteiger partial charge in [0, 0.05) is 6.54 Å². The number of carbonyl (C=O) groups excluding carboxylic acids is 1. The van der Waals surface area contributed by atoms with E-state index in [1.165, 1.54) is 25.7 Å². The zero-order valence-corrected chi connectivity index (χ0v) is 10.0. The molecule has 1 rings (SSSR count). The molecular weight excluding hydrogens is 188 g/mol. The second kappa shape index (κ2) is 6.83. The van der Waals surface area contributed by atoms with Crippen LogP contribution >= 0.6 is 0 Å². The maximum atomic E-state index is 11.2. The Kier molecular flexibility index (Phi) is 5.69. The van der Waals surface area contributed by atoms with Gasteiger partial charge in [0.15, 0.2) is 0 Å². The van der Waals surface area contributed by atoms with E-state index in [4.69, 9.17) is 0 Å². The smallest absolute Gasteiger partial charge is 0.233 e. The molecule has 0 radical (unpaired) electrons. The third-order valence-electron chi connectivity index (χ3n) is 3.36. The van der Waals surface area contributed by atoms with Gasteiger partial charge in [0.2, 0.25) is 5.91 Å². The maximum absolute atomic E-state index is 11.2. The van der Waals surface area contributed by atoms with Gasteiger partial charge in [0.1, 0.15) is 0 Å². The van der Waals surface area contributed by atoms with Crippen LogP contribution in [-0.4, -0.2) is 25.5 Å². The molecule has 88 valence electrons. The molecule has 1 saturated carbocycles. The van der Waals surface area contributed by atoms with Crippen LogP contribution in [0, 0.1) is 11.8 Å². The van der Waals surface area contributed by atoms with Crippen LogP contribution in [0.3, 0.4) is 0 Å². The molecule has 0 aromatic heterocycles. The Bertz CT molecular complexity index is 194. The summed E-state index contributed by atoms with van der Waals surface area (Å²) in [5.74, 6) is 1.70. The minimum Gasteiger partial charge on any atom is -0.355 e. The highest BCUT2D eigenvalue weighted by Crippen LogP contribution is 2.28. The van der Waals surface area contributed by atoms with Crippen LogP contribution in [0.2, 0.25) is 0 Å². The van der Waals surface area contributed by atoms with E-state index in [2.05, 4.69) is 17.6 Å². The Morgan fingerprint density at radius 1 is 1.33 bits per heavy atom. The fourth-order valence-corrected chi connectivity index (χ4v) is 2.33. The number of rotatable bonds is 5. The minimum absolute atomic E-state index is 0.112. The van der Waals surface area contributed by atoms with E-state index < -0.39 is 0 Å². The average Bonchev–Trinajstić information content (AvgIpc) is 2.21. The Morgan fingerprint density at radius 3 is 2.73 bits per heavy atom. The van der Waals surface area contributed by atoms with E-state index in [-0.39, 0.29) is 5.91 Å². The zero-order valence-electron chi connectivity index (χ0n) is 10.0. The van der Waals surface area contributed by atoms with Crippen molar-refractivity contribution in [2.45, 2.75) is 39.5 Å². The fourth-order valence-electron chi connectivity index (χ4n) is 2.33.